The summed E-state index contributed by atoms with van der Waals surface area (Å²) in [5.74, 6) is -0.160. The minimum Gasteiger partial charge on any atom is -0.423 e. The molecule has 1 aliphatic heterocycles. The quantitative estimate of drug-likeness (QED) is 0.385. The molecule has 1 amide bonds. The molecule has 1 fully saturated rings. The van der Waals surface area contributed by atoms with Crippen LogP contribution in [-0.4, -0.2) is 33.9 Å². The van der Waals surface area contributed by atoms with Crippen molar-refractivity contribution in [1.82, 2.24) is 0 Å². The molecule has 0 radical (unpaired) electrons. The number of hydrogen-bond donors (Lipinski definition) is 0. The van der Waals surface area contributed by atoms with Crippen LogP contribution in [-0.2, 0) is 14.8 Å². The highest BCUT2D eigenvalue weighted by atomic mass is 32.2. The van der Waals surface area contributed by atoms with Crippen LogP contribution >= 0.6 is 0 Å². The first-order valence-corrected chi connectivity index (χ1v) is 12.4. The molecule has 3 aromatic carbocycles. The molecule has 8 heteroatoms. The number of rotatable bonds is 6. The van der Waals surface area contributed by atoms with E-state index in [4.69, 9.17) is 4.74 Å². The standard InChI is InChI=1S/C26H26N2O5S/c1-18-6-15-24(17-19(18)2)34(31,32)27(3)21-11-13-23(14-12-21)33-26(30)20-7-9-22(10-8-20)28-16-4-5-25(28)29/h6-15,17H,4-5,16H2,1-3H3. The third-order valence-corrected chi connectivity index (χ3v) is 7.82. The molecule has 0 aliphatic carbocycles. The minimum absolute atomic E-state index is 0.0833. The predicted octanol–water partition coefficient (Wildman–Crippen LogP) is 4.47. The monoisotopic (exact) mass is 478 g/mol. The van der Waals surface area contributed by atoms with Gasteiger partial charge in [-0.15, -0.1) is 0 Å². The van der Waals surface area contributed by atoms with E-state index < -0.39 is 16.0 Å². The van der Waals surface area contributed by atoms with E-state index in [-0.39, 0.29) is 10.8 Å². The van der Waals surface area contributed by atoms with Gasteiger partial charge in [0.2, 0.25) is 5.91 Å². The normalized spacial score (nSPS) is 13.7. The van der Waals surface area contributed by atoms with E-state index in [1.165, 1.54) is 11.4 Å². The maximum absolute atomic E-state index is 13.0. The third kappa shape index (κ3) is 4.68. The summed E-state index contributed by atoms with van der Waals surface area (Å²) in [4.78, 5) is 26.3. The molecular weight excluding hydrogens is 452 g/mol. The lowest BCUT2D eigenvalue weighted by Gasteiger charge is -2.20. The van der Waals surface area contributed by atoms with Gasteiger partial charge in [-0.3, -0.25) is 9.10 Å². The largest absolute Gasteiger partial charge is 0.423 e. The Labute approximate surface area is 199 Å². The fraction of sp³-hybridized carbons (Fsp3) is 0.231. The summed E-state index contributed by atoms with van der Waals surface area (Å²) in [6, 6.07) is 18.0. The highest BCUT2D eigenvalue weighted by Gasteiger charge is 2.23. The van der Waals surface area contributed by atoms with Gasteiger partial charge in [-0.2, -0.15) is 0 Å². The second kappa shape index (κ2) is 9.30. The Bertz CT molecular complexity index is 1330. The van der Waals surface area contributed by atoms with E-state index in [1.807, 2.05) is 13.8 Å². The van der Waals surface area contributed by atoms with Crippen LogP contribution < -0.4 is 13.9 Å². The maximum Gasteiger partial charge on any atom is 0.343 e. The molecule has 0 spiro atoms. The molecule has 1 aliphatic rings. The number of hydrogen-bond acceptors (Lipinski definition) is 5. The van der Waals surface area contributed by atoms with Crippen LogP contribution in [0.2, 0.25) is 0 Å². The minimum atomic E-state index is -3.73. The van der Waals surface area contributed by atoms with Crippen molar-refractivity contribution in [2.75, 3.05) is 22.8 Å². The number of nitrogens with zero attached hydrogens (tertiary/aromatic N) is 2. The molecule has 176 valence electrons. The van der Waals surface area contributed by atoms with Gasteiger partial charge < -0.3 is 9.64 Å². The number of carbonyl (C=O) groups is 2. The number of esters is 1. The molecular formula is C26H26N2O5S. The Kier molecular flexibility index (Phi) is 6.43. The van der Waals surface area contributed by atoms with Crippen LogP contribution in [0.1, 0.15) is 34.3 Å². The van der Waals surface area contributed by atoms with Crippen molar-refractivity contribution in [2.45, 2.75) is 31.6 Å². The van der Waals surface area contributed by atoms with Crippen LogP contribution in [0.15, 0.2) is 71.6 Å². The van der Waals surface area contributed by atoms with E-state index in [1.54, 1.807) is 71.6 Å². The molecule has 4 rings (SSSR count). The number of aryl methyl sites for hydroxylation is 2. The number of anilines is 2. The van der Waals surface area contributed by atoms with Gasteiger partial charge in [0.25, 0.3) is 10.0 Å². The van der Waals surface area contributed by atoms with E-state index in [9.17, 15) is 18.0 Å². The molecule has 0 atom stereocenters. The summed E-state index contributed by atoms with van der Waals surface area (Å²) in [6.07, 6.45) is 1.38. The van der Waals surface area contributed by atoms with Crippen molar-refractivity contribution in [2.24, 2.45) is 0 Å². The van der Waals surface area contributed by atoms with Crippen LogP contribution in [0.5, 0.6) is 5.75 Å². The molecule has 1 saturated heterocycles. The fourth-order valence-corrected chi connectivity index (χ4v) is 5.04. The van der Waals surface area contributed by atoms with Crippen molar-refractivity contribution in [3.63, 3.8) is 0 Å². The lowest BCUT2D eigenvalue weighted by molar-refractivity contribution is -0.117. The second-order valence-electron chi connectivity index (χ2n) is 8.30. The van der Waals surface area contributed by atoms with Crippen LogP contribution in [0.3, 0.4) is 0 Å². The van der Waals surface area contributed by atoms with Gasteiger partial charge in [-0.05, 0) is 92.1 Å². The van der Waals surface area contributed by atoms with Gasteiger partial charge >= 0.3 is 5.97 Å². The van der Waals surface area contributed by atoms with E-state index in [0.29, 0.717) is 30.0 Å². The maximum atomic E-state index is 13.0. The number of ether oxygens (including phenoxy) is 1. The van der Waals surface area contributed by atoms with Gasteiger partial charge in [0, 0.05) is 25.7 Å². The lowest BCUT2D eigenvalue weighted by Crippen LogP contribution is -2.26. The molecule has 0 bridgehead atoms. The average Bonchev–Trinajstić information content (AvgIpc) is 3.26. The number of amides is 1. The zero-order valence-corrected chi connectivity index (χ0v) is 20.1. The first-order chi connectivity index (χ1) is 16.2. The number of benzene rings is 3. The Morgan fingerprint density at radius 2 is 1.62 bits per heavy atom. The fourth-order valence-electron chi connectivity index (χ4n) is 3.76. The molecule has 34 heavy (non-hydrogen) atoms. The van der Waals surface area contributed by atoms with Gasteiger partial charge in [-0.25, -0.2) is 13.2 Å². The van der Waals surface area contributed by atoms with Crippen LogP contribution in [0.4, 0.5) is 11.4 Å². The molecule has 0 N–H and O–H groups in total. The van der Waals surface area contributed by atoms with Crippen LogP contribution in [0, 0.1) is 13.8 Å². The Hall–Kier alpha value is -3.65. The van der Waals surface area contributed by atoms with Crippen LogP contribution in [0.25, 0.3) is 0 Å². The summed E-state index contributed by atoms with van der Waals surface area (Å²) in [5, 5.41) is 0. The average molecular weight is 479 g/mol. The van der Waals surface area contributed by atoms with Gasteiger partial charge in [0.15, 0.2) is 0 Å². The number of carbonyl (C=O) groups excluding carboxylic acids is 2. The molecule has 1 heterocycles. The predicted molar refractivity (Wildman–Crippen MR) is 131 cm³/mol. The lowest BCUT2D eigenvalue weighted by atomic mass is 10.1. The van der Waals surface area contributed by atoms with Gasteiger partial charge in [0.1, 0.15) is 5.75 Å². The first-order valence-electron chi connectivity index (χ1n) is 11.0. The second-order valence-corrected chi connectivity index (χ2v) is 10.3. The van der Waals surface area contributed by atoms with E-state index in [0.717, 1.165) is 23.2 Å². The SMILES string of the molecule is Cc1ccc(S(=O)(=O)N(C)c2ccc(OC(=O)c3ccc(N4CCCC4=O)cc3)cc2)cc1C. The molecule has 7 nitrogen and oxygen atoms in total. The summed E-state index contributed by atoms with van der Waals surface area (Å²) < 4.78 is 32.6. The van der Waals surface area contributed by atoms with E-state index in [2.05, 4.69) is 0 Å². The summed E-state index contributed by atoms with van der Waals surface area (Å²) in [7, 11) is -2.24. The third-order valence-electron chi connectivity index (χ3n) is 6.04. The zero-order chi connectivity index (χ0) is 24.5. The Morgan fingerprint density at radius 3 is 2.21 bits per heavy atom. The van der Waals surface area contributed by atoms with E-state index >= 15 is 0 Å². The van der Waals surface area contributed by atoms with Gasteiger partial charge in [-0.1, -0.05) is 6.07 Å². The molecule has 3 aromatic rings. The highest BCUT2D eigenvalue weighted by Crippen LogP contribution is 2.26. The van der Waals surface area contributed by atoms with Crippen molar-refractivity contribution < 1.29 is 22.7 Å². The van der Waals surface area contributed by atoms with Gasteiger partial charge in [0.05, 0.1) is 16.1 Å². The molecule has 0 saturated carbocycles. The number of sulfonamides is 1. The van der Waals surface area contributed by atoms with Crippen molar-refractivity contribution in [3.05, 3.63) is 83.4 Å². The Balaban J connectivity index is 1.44. The summed E-state index contributed by atoms with van der Waals surface area (Å²) in [6.45, 7) is 4.48. The van der Waals surface area contributed by atoms with Crippen molar-refractivity contribution in [1.29, 1.82) is 0 Å². The summed E-state index contributed by atoms with van der Waals surface area (Å²) in [5.41, 5.74) is 3.48. The smallest absolute Gasteiger partial charge is 0.343 e. The molecule has 0 aromatic heterocycles. The topological polar surface area (TPSA) is 84.0 Å². The summed E-state index contributed by atoms with van der Waals surface area (Å²) >= 11 is 0. The Morgan fingerprint density at radius 1 is 0.941 bits per heavy atom. The van der Waals surface area contributed by atoms with Crippen molar-refractivity contribution in [3.8, 4) is 5.75 Å². The zero-order valence-electron chi connectivity index (χ0n) is 19.3. The first kappa shape index (κ1) is 23.5. The highest BCUT2D eigenvalue weighted by molar-refractivity contribution is 7.92. The molecule has 0 unspecified atom stereocenters. The van der Waals surface area contributed by atoms with Crippen molar-refractivity contribution >= 4 is 33.3 Å².